The molecule has 6 nitrogen and oxygen atoms in total. The first-order valence-corrected chi connectivity index (χ1v) is 10.2. The number of likely N-dealkylation sites (N-methyl/N-ethyl adjacent to an activating group) is 1. The third-order valence-electron chi connectivity index (χ3n) is 4.06. The van der Waals surface area contributed by atoms with Crippen LogP contribution in [0.1, 0.15) is 11.3 Å². The monoisotopic (exact) mass is 458 g/mol. The number of amides is 2. The van der Waals surface area contributed by atoms with Crippen molar-refractivity contribution in [1.29, 1.82) is 0 Å². The van der Waals surface area contributed by atoms with Crippen molar-refractivity contribution in [3.05, 3.63) is 63.8 Å². The molecule has 2 amide bonds. The van der Waals surface area contributed by atoms with E-state index in [0.29, 0.717) is 5.69 Å². The number of carbonyl (C=O) groups excluding carboxylic acids is 2. The molecule has 0 spiro atoms. The molecule has 144 valence electrons. The molecule has 28 heavy (non-hydrogen) atoms. The van der Waals surface area contributed by atoms with Gasteiger partial charge in [-0.3, -0.25) is 14.6 Å². The van der Waals surface area contributed by atoms with Crippen LogP contribution in [-0.2, 0) is 16.0 Å². The molecule has 0 aliphatic heterocycles. The molecule has 0 saturated heterocycles. The van der Waals surface area contributed by atoms with Crippen LogP contribution in [-0.4, -0.2) is 40.3 Å². The molecule has 0 atom stereocenters. The second kappa shape index (κ2) is 9.07. The van der Waals surface area contributed by atoms with Crippen LogP contribution < -0.4 is 5.32 Å². The average Bonchev–Trinajstić information content (AvgIpc) is 3.13. The molecule has 0 radical (unpaired) electrons. The van der Waals surface area contributed by atoms with Gasteiger partial charge < -0.3 is 10.2 Å². The molecule has 2 aromatic heterocycles. The van der Waals surface area contributed by atoms with Gasteiger partial charge in [-0.1, -0.05) is 15.9 Å². The van der Waals surface area contributed by atoms with E-state index in [1.807, 2.05) is 42.6 Å². The molecular formula is C20H19BrN4O2S. The summed E-state index contributed by atoms with van der Waals surface area (Å²) in [5.41, 5.74) is 3.28. The summed E-state index contributed by atoms with van der Waals surface area (Å²) >= 11 is 4.87. The summed E-state index contributed by atoms with van der Waals surface area (Å²) in [5.74, 6) is -0.402. The van der Waals surface area contributed by atoms with Gasteiger partial charge in [-0.05, 0) is 42.8 Å². The highest BCUT2D eigenvalue weighted by Crippen LogP contribution is 2.23. The molecule has 0 bridgehead atoms. The minimum absolute atomic E-state index is 0.0199. The lowest BCUT2D eigenvalue weighted by molar-refractivity contribution is -0.132. The fourth-order valence-corrected chi connectivity index (χ4v) is 3.85. The first-order chi connectivity index (χ1) is 13.4. The van der Waals surface area contributed by atoms with E-state index in [9.17, 15) is 9.59 Å². The first-order valence-electron chi connectivity index (χ1n) is 8.57. The zero-order valence-electron chi connectivity index (χ0n) is 15.5. The lowest BCUT2D eigenvalue weighted by Gasteiger charge is -2.17. The van der Waals surface area contributed by atoms with E-state index in [-0.39, 0.29) is 24.8 Å². The van der Waals surface area contributed by atoms with Crippen molar-refractivity contribution in [3.8, 4) is 10.6 Å². The van der Waals surface area contributed by atoms with Crippen molar-refractivity contribution in [3.63, 3.8) is 0 Å². The molecule has 3 aromatic rings. The molecule has 1 N–H and O–H groups in total. The Hall–Kier alpha value is -2.58. The lowest BCUT2D eigenvalue weighted by atomic mass is 10.2. The number of aromatic nitrogens is 2. The van der Waals surface area contributed by atoms with E-state index in [2.05, 4.69) is 31.2 Å². The number of carbonyl (C=O) groups is 2. The van der Waals surface area contributed by atoms with E-state index in [1.165, 1.54) is 16.2 Å². The van der Waals surface area contributed by atoms with E-state index >= 15 is 0 Å². The zero-order chi connectivity index (χ0) is 20.1. The molecular weight excluding hydrogens is 440 g/mol. The molecule has 0 fully saturated rings. The number of thiazole rings is 1. The topological polar surface area (TPSA) is 75.2 Å². The fraction of sp³-hybridized carbons (Fsp3) is 0.200. The highest BCUT2D eigenvalue weighted by molar-refractivity contribution is 9.10. The van der Waals surface area contributed by atoms with Gasteiger partial charge >= 0.3 is 0 Å². The Morgan fingerprint density at radius 3 is 2.82 bits per heavy atom. The Kier molecular flexibility index (Phi) is 6.53. The van der Waals surface area contributed by atoms with Gasteiger partial charge in [0.15, 0.2) is 0 Å². The van der Waals surface area contributed by atoms with Crippen LogP contribution in [0.4, 0.5) is 5.69 Å². The molecule has 0 aliphatic rings. The normalized spacial score (nSPS) is 10.5. The van der Waals surface area contributed by atoms with Gasteiger partial charge in [-0.2, -0.15) is 0 Å². The molecule has 2 heterocycles. The zero-order valence-corrected chi connectivity index (χ0v) is 17.9. The maximum Gasteiger partial charge on any atom is 0.243 e. The van der Waals surface area contributed by atoms with Gasteiger partial charge in [0.2, 0.25) is 11.8 Å². The largest absolute Gasteiger partial charge is 0.336 e. The number of halogens is 1. The van der Waals surface area contributed by atoms with Gasteiger partial charge in [0.05, 0.1) is 18.7 Å². The summed E-state index contributed by atoms with van der Waals surface area (Å²) in [4.78, 5) is 34.7. The molecule has 8 heteroatoms. The predicted octanol–water partition coefficient (Wildman–Crippen LogP) is 3.92. The third-order valence-corrected chi connectivity index (χ3v) is 5.50. The summed E-state index contributed by atoms with van der Waals surface area (Å²) in [6, 6.07) is 9.39. The van der Waals surface area contributed by atoms with Gasteiger partial charge in [0.1, 0.15) is 5.01 Å². The van der Waals surface area contributed by atoms with E-state index in [4.69, 9.17) is 0 Å². The molecule has 0 saturated carbocycles. The van der Waals surface area contributed by atoms with E-state index in [0.717, 1.165) is 26.3 Å². The Balaban J connectivity index is 1.56. The van der Waals surface area contributed by atoms with E-state index in [1.54, 1.807) is 19.4 Å². The van der Waals surface area contributed by atoms with Gasteiger partial charge in [-0.15, -0.1) is 11.3 Å². The number of benzene rings is 1. The number of aryl methyl sites for hydroxylation is 1. The Bertz CT molecular complexity index is 991. The van der Waals surface area contributed by atoms with Crippen molar-refractivity contribution in [2.75, 3.05) is 18.9 Å². The number of nitrogens with one attached hydrogen (secondary N) is 1. The standard InChI is InChI=1S/C20H19BrN4O2S/c1-13-8-15(21)5-6-17(13)24-18(26)11-25(2)19(27)9-16-12-28-20(23-16)14-4-3-7-22-10-14/h3-8,10,12H,9,11H2,1-2H3,(H,24,26). The number of rotatable bonds is 6. The van der Waals surface area contributed by atoms with Gasteiger partial charge in [0, 0.05) is 40.5 Å². The summed E-state index contributed by atoms with van der Waals surface area (Å²) in [6.07, 6.45) is 3.60. The minimum Gasteiger partial charge on any atom is -0.336 e. The first kappa shape index (κ1) is 20.2. The Morgan fingerprint density at radius 2 is 2.11 bits per heavy atom. The maximum atomic E-state index is 12.4. The van der Waals surface area contributed by atoms with Crippen molar-refractivity contribution in [2.24, 2.45) is 0 Å². The smallest absolute Gasteiger partial charge is 0.243 e. The number of nitrogens with zero attached hydrogens (tertiary/aromatic N) is 3. The Labute approximate surface area is 175 Å². The highest BCUT2D eigenvalue weighted by Gasteiger charge is 2.16. The summed E-state index contributed by atoms with van der Waals surface area (Å²) in [6.45, 7) is 1.89. The predicted molar refractivity (Wildman–Crippen MR) is 114 cm³/mol. The Morgan fingerprint density at radius 1 is 1.29 bits per heavy atom. The highest BCUT2D eigenvalue weighted by atomic mass is 79.9. The van der Waals surface area contributed by atoms with Crippen LogP contribution in [0.3, 0.4) is 0 Å². The number of anilines is 1. The van der Waals surface area contributed by atoms with Crippen LogP contribution in [0.2, 0.25) is 0 Å². The summed E-state index contributed by atoms with van der Waals surface area (Å²) in [7, 11) is 1.62. The minimum atomic E-state index is -0.240. The van der Waals surface area contributed by atoms with Crippen LogP contribution in [0.5, 0.6) is 0 Å². The van der Waals surface area contributed by atoms with Crippen molar-refractivity contribution < 1.29 is 9.59 Å². The SMILES string of the molecule is Cc1cc(Br)ccc1NC(=O)CN(C)C(=O)Cc1csc(-c2cccnc2)n1. The molecule has 3 rings (SSSR count). The number of hydrogen-bond donors (Lipinski definition) is 1. The van der Waals surface area contributed by atoms with E-state index < -0.39 is 0 Å². The van der Waals surface area contributed by atoms with Crippen LogP contribution >= 0.6 is 27.3 Å². The van der Waals surface area contributed by atoms with Crippen LogP contribution in [0, 0.1) is 6.92 Å². The van der Waals surface area contributed by atoms with Gasteiger partial charge in [0.25, 0.3) is 0 Å². The quantitative estimate of drug-likeness (QED) is 0.607. The van der Waals surface area contributed by atoms with Gasteiger partial charge in [-0.25, -0.2) is 4.98 Å². The fourth-order valence-electron chi connectivity index (χ4n) is 2.56. The second-order valence-corrected chi connectivity index (χ2v) is 8.09. The number of pyridine rings is 1. The molecule has 0 aliphatic carbocycles. The molecule has 1 aromatic carbocycles. The second-order valence-electron chi connectivity index (χ2n) is 6.32. The number of hydrogen-bond acceptors (Lipinski definition) is 5. The van der Waals surface area contributed by atoms with Crippen LogP contribution in [0.15, 0.2) is 52.6 Å². The van der Waals surface area contributed by atoms with Crippen molar-refractivity contribution in [2.45, 2.75) is 13.3 Å². The van der Waals surface area contributed by atoms with Crippen molar-refractivity contribution >= 4 is 44.8 Å². The summed E-state index contributed by atoms with van der Waals surface area (Å²) in [5, 5.41) is 5.52. The summed E-state index contributed by atoms with van der Waals surface area (Å²) < 4.78 is 0.948. The average molecular weight is 459 g/mol. The molecule has 0 unspecified atom stereocenters. The maximum absolute atomic E-state index is 12.4. The third kappa shape index (κ3) is 5.24. The lowest BCUT2D eigenvalue weighted by Crippen LogP contribution is -2.36. The van der Waals surface area contributed by atoms with Crippen molar-refractivity contribution in [1.82, 2.24) is 14.9 Å². The van der Waals surface area contributed by atoms with Crippen LogP contribution in [0.25, 0.3) is 10.6 Å².